The molecule has 6 nitrogen and oxygen atoms in total. The maximum Gasteiger partial charge on any atom is 0.317 e. The number of amides is 2. The van der Waals surface area contributed by atoms with Gasteiger partial charge >= 0.3 is 6.03 Å². The lowest BCUT2D eigenvalue weighted by Gasteiger charge is -2.40. The Morgan fingerprint density at radius 3 is 2.41 bits per heavy atom. The van der Waals surface area contributed by atoms with Crippen LogP contribution in [0.4, 0.5) is 4.79 Å². The number of benzene rings is 1. The monoisotopic (exact) mass is 375 g/mol. The van der Waals surface area contributed by atoms with Crippen molar-refractivity contribution in [3.8, 4) is 11.5 Å². The molecule has 2 fully saturated rings. The molecule has 0 aromatic heterocycles. The van der Waals surface area contributed by atoms with Crippen molar-refractivity contribution < 1.29 is 14.3 Å². The van der Waals surface area contributed by atoms with Crippen molar-refractivity contribution in [1.29, 1.82) is 0 Å². The third-order valence-electron chi connectivity index (χ3n) is 5.83. The summed E-state index contributed by atoms with van der Waals surface area (Å²) in [5, 5.41) is 3.06. The van der Waals surface area contributed by atoms with Crippen molar-refractivity contribution >= 4 is 6.03 Å². The van der Waals surface area contributed by atoms with Gasteiger partial charge in [-0.15, -0.1) is 0 Å². The van der Waals surface area contributed by atoms with E-state index in [1.165, 1.54) is 32.1 Å². The Hall–Kier alpha value is -1.95. The molecule has 1 aliphatic carbocycles. The van der Waals surface area contributed by atoms with Crippen LogP contribution in [0.15, 0.2) is 18.2 Å². The lowest BCUT2D eigenvalue weighted by molar-refractivity contribution is 0.0907. The first-order chi connectivity index (χ1) is 13.2. The number of carbonyl (C=O) groups excluding carboxylic acids is 1. The maximum atomic E-state index is 12.4. The number of ether oxygens (including phenoxy) is 2. The van der Waals surface area contributed by atoms with Crippen molar-refractivity contribution in [3.05, 3.63) is 23.8 Å². The van der Waals surface area contributed by atoms with Crippen LogP contribution in [0.1, 0.15) is 37.7 Å². The van der Waals surface area contributed by atoms with Gasteiger partial charge in [-0.1, -0.05) is 25.3 Å². The van der Waals surface area contributed by atoms with Crippen LogP contribution in [0.3, 0.4) is 0 Å². The smallest absolute Gasteiger partial charge is 0.317 e. The fourth-order valence-electron chi connectivity index (χ4n) is 4.20. The molecule has 3 rings (SSSR count). The minimum Gasteiger partial charge on any atom is -0.493 e. The largest absolute Gasteiger partial charge is 0.493 e. The van der Waals surface area contributed by atoms with E-state index in [4.69, 9.17) is 9.47 Å². The molecule has 0 atom stereocenters. The van der Waals surface area contributed by atoms with Gasteiger partial charge in [0.15, 0.2) is 11.5 Å². The van der Waals surface area contributed by atoms with E-state index in [0.717, 1.165) is 55.7 Å². The number of carbonyl (C=O) groups is 1. The minimum atomic E-state index is 0.0544. The van der Waals surface area contributed by atoms with Crippen LogP contribution >= 0.6 is 0 Å². The number of rotatable bonds is 6. The Kier molecular flexibility index (Phi) is 7.21. The van der Waals surface area contributed by atoms with Gasteiger partial charge in [0.05, 0.1) is 14.2 Å². The SMILES string of the molecule is COc1ccc(CCNC(=O)N2CCN(C3CCCCC3)CC2)cc1OC. The zero-order valence-corrected chi connectivity index (χ0v) is 16.7. The zero-order chi connectivity index (χ0) is 19.1. The molecular weight excluding hydrogens is 342 g/mol. The normalized spacial score (nSPS) is 19.0. The third-order valence-corrected chi connectivity index (χ3v) is 5.83. The van der Waals surface area contributed by atoms with Crippen molar-refractivity contribution in [2.45, 2.75) is 44.6 Å². The van der Waals surface area contributed by atoms with E-state index in [-0.39, 0.29) is 6.03 Å². The van der Waals surface area contributed by atoms with Crippen LogP contribution in [0.5, 0.6) is 11.5 Å². The Balaban J connectivity index is 1.40. The van der Waals surface area contributed by atoms with E-state index < -0.39 is 0 Å². The van der Waals surface area contributed by atoms with Gasteiger partial charge in [-0.25, -0.2) is 4.79 Å². The predicted molar refractivity (Wildman–Crippen MR) is 107 cm³/mol. The van der Waals surface area contributed by atoms with Crippen LogP contribution in [0, 0.1) is 0 Å². The molecule has 1 saturated heterocycles. The summed E-state index contributed by atoms with van der Waals surface area (Å²) >= 11 is 0. The highest BCUT2D eigenvalue weighted by Crippen LogP contribution is 2.27. The molecule has 1 heterocycles. The summed E-state index contributed by atoms with van der Waals surface area (Å²) in [6, 6.07) is 6.68. The highest BCUT2D eigenvalue weighted by Gasteiger charge is 2.26. The number of nitrogens with zero attached hydrogens (tertiary/aromatic N) is 2. The Morgan fingerprint density at radius 1 is 1.04 bits per heavy atom. The standard InChI is InChI=1S/C21H33N3O3/c1-26-19-9-8-17(16-20(19)27-2)10-11-22-21(25)24-14-12-23(13-15-24)18-6-4-3-5-7-18/h8-9,16,18H,3-7,10-15H2,1-2H3,(H,22,25). The second-order valence-electron chi connectivity index (χ2n) is 7.49. The van der Waals surface area contributed by atoms with Gasteiger partial charge in [0, 0.05) is 38.8 Å². The molecule has 2 amide bonds. The molecule has 1 aliphatic heterocycles. The van der Waals surface area contributed by atoms with Crippen LogP contribution in [0.25, 0.3) is 0 Å². The Bertz CT molecular complexity index is 609. The summed E-state index contributed by atoms with van der Waals surface area (Å²) < 4.78 is 10.6. The Morgan fingerprint density at radius 2 is 1.74 bits per heavy atom. The number of urea groups is 1. The first-order valence-electron chi connectivity index (χ1n) is 10.2. The molecule has 2 aliphatic rings. The summed E-state index contributed by atoms with van der Waals surface area (Å²) in [5.41, 5.74) is 1.12. The van der Waals surface area contributed by atoms with Gasteiger partial charge in [0.2, 0.25) is 0 Å². The molecule has 1 saturated carbocycles. The summed E-state index contributed by atoms with van der Waals surface area (Å²) in [6.07, 6.45) is 7.55. The van der Waals surface area contributed by atoms with Gasteiger partial charge in [-0.2, -0.15) is 0 Å². The summed E-state index contributed by atoms with van der Waals surface area (Å²) in [4.78, 5) is 17.0. The van der Waals surface area contributed by atoms with Crippen LogP contribution < -0.4 is 14.8 Å². The molecule has 1 aromatic rings. The molecule has 0 spiro atoms. The average molecular weight is 376 g/mol. The minimum absolute atomic E-state index is 0.0544. The highest BCUT2D eigenvalue weighted by molar-refractivity contribution is 5.74. The van der Waals surface area contributed by atoms with E-state index >= 15 is 0 Å². The van der Waals surface area contributed by atoms with Crippen LogP contribution in [0.2, 0.25) is 0 Å². The van der Waals surface area contributed by atoms with Crippen molar-refractivity contribution in [2.75, 3.05) is 46.9 Å². The van der Waals surface area contributed by atoms with E-state index in [1.54, 1.807) is 14.2 Å². The van der Waals surface area contributed by atoms with Crippen molar-refractivity contribution in [1.82, 2.24) is 15.1 Å². The third kappa shape index (κ3) is 5.28. The number of piperazine rings is 1. The van der Waals surface area contributed by atoms with E-state index in [2.05, 4.69) is 10.2 Å². The number of methoxy groups -OCH3 is 2. The van der Waals surface area contributed by atoms with Crippen LogP contribution in [-0.4, -0.2) is 68.8 Å². The summed E-state index contributed by atoms with van der Waals surface area (Å²) in [6.45, 7) is 4.30. The first kappa shape index (κ1) is 19.8. The van der Waals surface area contributed by atoms with Gasteiger partial charge in [-0.3, -0.25) is 4.90 Å². The fraction of sp³-hybridized carbons (Fsp3) is 0.667. The molecule has 1 N–H and O–H groups in total. The number of hydrogen-bond acceptors (Lipinski definition) is 4. The van der Waals surface area contributed by atoms with Crippen molar-refractivity contribution in [3.63, 3.8) is 0 Å². The first-order valence-corrected chi connectivity index (χ1v) is 10.2. The van der Waals surface area contributed by atoms with Gasteiger partial charge in [0.25, 0.3) is 0 Å². The van der Waals surface area contributed by atoms with Crippen molar-refractivity contribution in [2.24, 2.45) is 0 Å². The van der Waals surface area contributed by atoms with E-state index in [9.17, 15) is 4.79 Å². The second kappa shape index (κ2) is 9.83. The summed E-state index contributed by atoms with van der Waals surface area (Å²) in [7, 11) is 3.27. The van der Waals surface area contributed by atoms with Gasteiger partial charge in [0.1, 0.15) is 0 Å². The number of hydrogen-bond donors (Lipinski definition) is 1. The molecule has 27 heavy (non-hydrogen) atoms. The van der Waals surface area contributed by atoms with Gasteiger partial charge < -0.3 is 19.7 Å². The molecule has 0 radical (unpaired) electrons. The molecule has 0 bridgehead atoms. The zero-order valence-electron chi connectivity index (χ0n) is 16.7. The summed E-state index contributed by atoms with van der Waals surface area (Å²) in [5.74, 6) is 1.45. The van der Waals surface area contributed by atoms with Crippen LogP contribution in [-0.2, 0) is 6.42 Å². The van der Waals surface area contributed by atoms with E-state index in [1.807, 2.05) is 23.1 Å². The molecule has 6 heteroatoms. The quantitative estimate of drug-likeness (QED) is 0.831. The van der Waals surface area contributed by atoms with Gasteiger partial charge in [-0.05, 0) is 37.0 Å². The number of nitrogens with one attached hydrogen (secondary N) is 1. The molecule has 150 valence electrons. The topological polar surface area (TPSA) is 54.0 Å². The lowest BCUT2D eigenvalue weighted by atomic mass is 9.94. The maximum absolute atomic E-state index is 12.4. The Labute approximate surface area is 162 Å². The molecular formula is C21H33N3O3. The lowest BCUT2D eigenvalue weighted by Crippen LogP contribution is -2.54. The fourth-order valence-corrected chi connectivity index (χ4v) is 4.20. The highest BCUT2D eigenvalue weighted by atomic mass is 16.5. The molecule has 0 unspecified atom stereocenters. The molecule has 1 aromatic carbocycles. The van der Waals surface area contributed by atoms with E-state index in [0.29, 0.717) is 6.54 Å². The average Bonchev–Trinajstić information content (AvgIpc) is 2.74. The predicted octanol–water partition coefficient (Wildman–Crippen LogP) is 2.91. The second-order valence-corrected chi connectivity index (χ2v) is 7.49.